The summed E-state index contributed by atoms with van der Waals surface area (Å²) in [5, 5.41) is 3.39. The Bertz CT molecular complexity index is 323. The van der Waals surface area contributed by atoms with E-state index in [0.29, 0.717) is 18.8 Å². The summed E-state index contributed by atoms with van der Waals surface area (Å²) >= 11 is 0. The molecule has 0 radical (unpaired) electrons. The van der Waals surface area contributed by atoms with E-state index < -0.39 is 0 Å². The van der Waals surface area contributed by atoms with Crippen LogP contribution in [0.2, 0.25) is 0 Å². The van der Waals surface area contributed by atoms with Crippen molar-refractivity contribution in [3.63, 3.8) is 0 Å². The van der Waals surface area contributed by atoms with Gasteiger partial charge in [-0.05, 0) is 25.5 Å². The van der Waals surface area contributed by atoms with Crippen LogP contribution < -0.4 is 10.1 Å². The summed E-state index contributed by atoms with van der Waals surface area (Å²) in [4.78, 5) is 0. The van der Waals surface area contributed by atoms with Gasteiger partial charge in [-0.1, -0.05) is 17.7 Å². The van der Waals surface area contributed by atoms with E-state index in [2.05, 4.69) is 24.4 Å². The molecule has 0 spiro atoms. The van der Waals surface area contributed by atoms with Gasteiger partial charge in [-0.25, -0.2) is 0 Å². The van der Waals surface area contributed by atoms with Crippen LogP contribution in [0.1, 0.15) is 12.0 Å². The fourth-order valence-electron chi connectivity index (χ4n) is 1.92. The van der Waals surface area contributed by atoms with Gasteiger partial charge in [0.2, 0.25) is 0 Å². The van der Waals surface area contributed by atoms with Crippen molar-refractivity contribution < 1.29 is 9.47 Å². The number of rotatable bonds is 4. The van der Waals surface area contributed by atoms with Crippen molar-refractivity contribution in [1.82, 2.24) is 5.32 Å². The summed E-state index contributed by atoms with van der Waals surface area (Å²) < 4.78 is 11.0. The van der Waals surface area contributed by atoms with Gasteiger partial charge in [-0.3, -0.25) is 0 Å². The zero-order valence-corrected chi connectivity index (χ0v) is 9.90. The highest BCUT2D eigenvalue weighted by molar-refractivity contribution is 5.26. The number of hydrogen-bond donors (Lipinski definition) is 1. The molecule has 2 rings (SSSR count). The summed E-state index contributed by atoms with van der Waals surface area (Å²) in [6.07, 6.45) is 1.37. The van der Waals surface area contributed by atoms with Crippen molar-refractivity contribution in [3.05, 3.63) is 29.8 Å². The first-order chi connectivity index (χ1) is 7.78. The Morgan fingerprint density at radius 3 is 2.69 bits per heavy atom. The highest BCUT2D eigenvalue weighted by Gasteiger charge is 2.23. The smallest absolute Gasteiger partial charge is 0.119 e. The zero-order chi connectivity index (χ0) is 11.4. The number of ether oxygens (including phenoxy) is 2. The lowest BCUT2D eigenvalue weighted by Gasteiger charge is -2.12. The molecule has 0 bridgehead atoms. The molecule has 1 saturated heterocycles. The second-order valence-corrected chi connectivity index (χ2v) is 4.32. The SMILES string of the molecule is CO[C@@H]1CN[C@H](COc2ccc(C)cc2)C1. The number of nitrogens with one attached hydrogen (secondary N) is 1. The van der Waals surface area contributed by atoms with Crippen molar-refractivity contribution in [2.24, 2.45) is 0 Å². The normalized spacial score (nSPS) is 24.6. The maximum Gasteiger partial charge on any atom is 0.119 e. The standard InChI is InChI=1S/C13H19NO2/c1-10-3-5-12(6-4-10)16-9-11-7-13(15-2)8-14-11/h3-6,11,13-14H,7-9H2,1-2H3/t11-,13-/m0/s1. The van der Waals surface area contributed by atoms with Crippen molar-refractivity contribution in [2.45, 2.75) is 25.5 Å². The van der Waals surface area contributed by atoms with Crippen molar-refractivity contribution >= 4 is 0 Å². The van der Waals surface area contributed by atoms with E-state index in [0.717, 1.165) is 18.7 Å². The number of methoxy groups -OCH3 is 1. The van der Waals surface area contributed by atoms with Gasteiger partial charge in [0.15, 0.2) is 0 Å². The van der Waals surface area contributed by atoms with Crippen LogP contribution in [0.5, 0.6) is 5.75 Å². The highest BCUT2D eigenvalue weighted by atomic mass is 16.5. The van der Waals surface area contributed by atoms with Gasteiger partial charge >= 0.3 is 0 Å². The van der Waals surface area contributed by atoms with Crippen LogP contribution in [0.3, 0.4) is 0 Å². The lowest BCUT2D eigenvalue weighted by atomic mass is 10.2. The van der Waals surface area contributed by atoms with E-state index in [-0.39, 0.29) is 0 Å². The van der Waals surface area contributed by atoms with Gasteiger partial charge < -0.3 is 14.8 Å². The minimum Gasteiger partial charge on any atom is -0.492 e. The molecule has 1 fully saturated rings. The molecule has 0 amide bonds. The minimum atomic E-state index is 0.339. The molecule has 3 heteroatoms. The largest absolute Gasteiger partial charge is 0.492 e. The Morgan fingerprint density at radius 1 is 1.31 bits per heavy atom. The van der Waals surface area contributed by atoms with E-state index in [1.165, 1.54) is 5.56 Å². The molecule has 1 aliphatic rings. The van der Waals surface area contributed by atoms with Gasteiger partial charge in [-0.15, -0.1) is 0 Å². The third-order valence-electron chi connectivity index (χ3n) is 2.99. The number of benzene rings is 1. The van der Waals surface area contributed by atoms with Crippen LogP contribution in [-0.2, 0) is 4.74 Å². The van der Waals surface area contributed by atoms with Crippen molar-refractivity contribution in [1.29, 1.82) is 0 Å². The molecule has 0 saturated carbocycles. The van der Waals surface area contributed by atoms with Gasteiger partial charge in [0, 0.05) is 19.7 Å². The van der Waals surface area contributed by atoms with Crippen molar-refractivity contribution in [3.8, 4) is 5.75 Å². The maximum absolute atomic E-state index is 5.72. The van der Waals surface area contributed by atoms with E-state index in [1.807, 2.05) is 12.1 Å². The fourth-order valence-corrected chi connectivity index (χ4v) is 1.92. The summed E-state index contributed by atoms with van der Waals surface area (Å²) in [6.45, 7) is 3.72. The molecule has 1 N–H and O–H groups in total. The van der Waals surface area contributed by atoms with E-state index in [4.69, 9.17) is 9.47 Å². The van der Waals surface area contributed by atoms with Crippen LogP contribution in [-0.4, -0.2) is 32.4 Å². The third kappa shape index (κ3) is 2.97. The van der Waals surface area contributed by atoms with Gasteiger partial charge in [0.1, 0.15) is 12.4 Å². The Kier molecular flexibility index (Phi) is 3.80. The molecule has 0 aromatic heterocycles. The summed E-state index contributed by atoms with van der Waals surface area (Å²) in [5.74, 6) is 0.938. The van der Waals surface area contributed by atoms with Gasteiger partial charge in [0.25, 0.3) is 0 Å². The average Bonchev–Trinajstić information content (AvgIpc) is 2.76. The Morgan fingerprint density at radius 2 is 2.06 bits per heavy atom. The molecule has 1 aromatic carbocycles. The quantitative estimate of drug-likeness (QED) is 0.840. The van der Waals surface area contributed by atoms with E-state index in [1.54, 1.807) is 7.11 Å². The van der Waals surface area contributed by atoms with Crippen LogP contribution >= 0.6 is 0 Å². The topological polar surface area (TPSA) is 30.5 Å². The van der Waals surface area contributed by atoms with Crippen LogP contribution in [0, 0.1) is 6.92 Å². The molecule has 88 valence electrons. The molecule has 1 aliphatic heterocycles. The van der Waals surface area contributed by atoms with Crippen LogP contribution in [0.4, 0.5) is 0 Å². The third-order valence-corrected chi connectivity index (χ3v) is 2.99. The van der Waals surface area contributed by atoms with E-state index >= 15 is 0 Å². The first-order valence-electron chi connectivity index (χ1n) is 5.73. The molecule has 0 aliphatic carbocycles. The van der Waals surface area contributed by atoms with Crippen LogP contribution in [0.25, 0.3) is 0 Å². The molecule has 1 heterocycles. The molecule has 2 atom stereocenters. The molecular weight excluding hydrogens is 202 g/mol. The number of aryl methyl sites for hydroxylation is 1. The maximum atomic E-state index is 5.72. The molecule has 3 nitrogen and oxygen atoms in total. The Labute approximate surface area is 96.8 Å². The number of hydrogen-bond acceptors (Lipinski definition) is 3. The van der Waals surface area contributed by atoms with Gasteiger partial charge in [-0.2, -0.15) is 0 Å². The fraction of sp³-hybridized carbons (Fsp3) is 0.538. The average molecular weight is 221 g/mol. The predicted molar refractivity (Wildman–Crippen MR) is 63.9 cm³/mol. The minimum absolute atomic E-state index is 0.339. The monoisotopic (exact) mass is 221 g/mol. The molecule has 16 heavy (non-hydrogen) atoms. The summed E-state index contributed by atoms with van der Waals surface area (Å²) in [6, 6.07) is 8.56. The predicted octanol–water partition coefficient (Wildman–Crippen LogP) is 1.75. The van der Waals surface area contributed by atoms with Crippen LogP contribution in [0.15, 0.2) is 24.3 Å². The highest BCUT2D eigenvalue weighted by Crippen LogP contribution is 2.14. The first-order valence-corrected chi connectivity index (χ1v) is 5.73. The van der Waals surface area contributed by atoms with Gasteiger partial charge in [0.05, 0.1) is 6.10 Å². The molecule has 0 unspecified atom stereocenters. The van der Waals surface area contributed by atoms with E-state index in [9.17, 15) is 0 Å². The summed E-state index contributed by atoms with van der Waals surface area (Å²) in [5.41, 5.74) is 1.26. The lowest BCUT2D eigenvalue weighted by Crippen LogP contribution is -2.28. The second-order valence-electron chi connectivity index (χ2n) is 4.32. The molecule has 1 aromatic rings. The van der Waals surface area contributed by atoms with Crippen molar-refractivity contribution in [2.75, 3.05) is 20.3 Å². The Balaban J connectivity index is 1.77. The summed E-state index contributed by atoms with van der Waals surface area (Å²) in [7, 11) is 1.76. The lowest BCUT2D eigenvalue weighted by molar-refractivity contribution is 0.115. The first kappa shape index (κ1) is 11.4. The second kappa shape index (κ2) is 5.32. The molecular formula is C13H19NO2. The zero-order valence-electron chi connectivity index (χ0n) is 9.90. The Hall–Kier alpha value is -1.06.